The fourth-order valence-electron chi connectivity index (χ4n) is 3.67. The minimum Gasteiger partial charge on any atom is -0.467 e. The minimum absolute atomic E-state index is 0.294. The second-order valence-electron chi connectivity index (χ2n) is 6.61. The van der Waals surface area contributed by atoms with Crippen LogP contribution in [0, 0.1) is 0 Å². The number of piperazine rings is 1. The molecule has 1 aliphatic heterocycles. The lowest BCUT2D eigenvalue weighted by Crippen LogP contribution is -2.57. The summed E-state index contributed by atoms with van der Waals surface area (Å²) in [5, 5.41) is 8.84. The van der Waals surface area contributed by atoms with Gasteiger partial charge in [-0.2, -0.15) is 5.10 Å². The van der Waals surface area contributed by atoms with E-state index in [2.05, 4.69) is 32.0 Å². The van der Waals surface area contributed by atoms with Gasteiger partial charge in [0.2, 0.25) is 0 Å². The molecular weight excluding hydrogens is 380 g/mol. The number of H-pyrrole nitrogens is 1. The zero-order valence-corrected chi connectivity index (χ0v) is 16.5. The molecule has 0 spiro atoms. The van der Waals surface area contributed by atoms with Gasteiger partial charge in [-0.3, -0.25) is 5.10 Å². The Morgan fingerprint density at radius 1 is 1.36 bits per heavy atom. The van der Waals surface area contributed by atoms with Gasteiger partial charge in [0.1, 0.15) is 18.2 Å². The summed E-state index contributed by atoms with van der Waals surface area (Å²) in [7, 11) is 1.41. The molecule has 4 rings (SSSR count). The summed E-state index contributed by atoms with van der Waals surface area (Å²) in [6.07, 6.45) is 2.30. The summed E-state index contributed by atoms with van der Waals surface area (Å²) in [5.74, 6) is 0.494. The van der Waals surface area contributed by atoms with E-state index in [0.717, 1.165) is 29.0 Å². The number of hydrogen-bond acceptors (Lipinski definition) is 7. The largest absolute Gasteiger partial charge is 0.467 e. The van der Waals surface area contributed by atoms with E-state index in [1.165, 1.54) is 13.4 Å². The van der Waals surface area contributed by atoms with Gasteiger partial charge >= 0.3 is 5.97 Å². The summed E-state index contributed by atoms with van der Waals surface area (Å²) in [4.78, 5) is 25.5. The van der Waals surface area contributed by atoms with Crippen molar-refractivity contribution < 1.29 is 9.53 Å². The number of nitrogens with one attached hydrogen (secondary N) is 1. The molecule has 2 aromatic heterocycles. The van der Waals surface area contributed by atoms with Crippen molar-refractivity contribution >= 4 is 40.1 Å². The molecule has 3 heterocycles. The average molecular weight is 401 g/mol. The predicted molar refractivity (Wildman–Crippen MR) is 108 cm³/mol. The Bertz CT molecular complexity index is 1010. The second kappa shape index (κ2) is 7.63. The van der Waals surface area contributed by atoms with E-state index in [9.17, 15) is 4.79 Å². The molecule has 0 bridgehead atoms. The molecule has 1 aliphatic rings. The number of fused-ring (bicyclic) bond motifs is 1. The molecule has 1 atom stereocenters. The summed E-state index contributed by atoms with van der Waals surface area (Å²) in [6.45, 7) is 3.82. The van der Waals surface area contributed by atoms with Crippen molar-refractivity contribution in [2.75, 3.05) is 36.5 Å². The third-order valence-electron chi connectivity index (χ3n) is 5.05. The Balaban J connectivity index is 1.70. The van der Waals surface area contributed by atoms with Crippen LogP contribution in [0.2, 0.25) is 5.02 Å². The summed E-state index contributed by atoms with van der Waals surface area (Å²) >= 11 is 6.16. The number of hydrogen-bond donors (Lipinski definition) is 1. The van der Waals surface area contributed by atoms with E-state index < -0.39 is 6.04 Å². The number of aryl methyl sites for hydroxylation is 1. The molecule has 0 unspecified atom stereocenters. The third kappa shape index (κ3) is 3.24. The zero-order valence-electron chi connectivity index (χ0n) is 15.7. The van der Waals surface area contributed by atoms with E-state index in [1.807, 2.05) is 29.2 Å². The Morgan fingerprint density at radius 2 is 2.21 bits per heavy atom. The van der Waals surface area contributed by atoms with Crippen LogP contribution >= 0.6 is 11.6 Å². The standard InChI is InChI=1S/C19H21ClN6O2/c1-3-14-16-17(24-23-14)21-11-22-18(16)25-7-8-26(15(10-25)19(27)28-2)13-6-4-5-12(20)9-13/h4-6,9,11,15H,3,7-8,10H2,1-2H3,(H,21,22,23,24)/t15-/m0/s1. The molecule has 1 saturated heterocycles. The number of nitrogens with zero attached hydrogens (tertiary/aromatic N) is 5. The number of halogens is 1. The lowest BCUT2D eigenvalue weighted by atomic mass is 10.1. The molecule has 0 aliphatic carbocycles. The first kappa shape index (κ1) is 18.5. The minimum atomic E-state index is -0.473. The van der Waals surface area contributed by atoms with E-state index >= 15 is 0 Å². The first-order chi connectivity index (χ1) is 13.6. The summed E-state index contributed by atoms with van der Waals surface area (Å²) in [5.41, 5.74) is 2.51. The van der Waals surface area contributed by atoms with Crippen molar-refractivity contribution in [3.8, 4) is 0 Å². The number of methoxy groups -OCH3 is 1. The Kier molecular flexibility index (Phi) is 5.04. The quantitative estimate of drug-likeness (QED) is 0.673. The number of carbonyl (C=O) groups excluding carboxylic acids is 1. The Morgan fingerprint density at radius 3 is 2.96 bits per heavy atom. The van der Waals surface area contributed by atoms with Gasteiger partial charge in [-0.15, -0.1) is 0 Å². The molecule has 146 valence electrons. The molecule has 28 heavy (non-hydrogen) atoms. The smallest absolute Gasteiger partial charge is 0.330 e. The number of rotatable bonds is 4. The maximum atomic E-state index is 12.6. The highest BCUT2D eigenvalue weighted by atomic mass is 35.5. The SMILES string of the molecule is CCc1[nH]nc2ncnc(N3CCN(c4cccc(Cl)c4)[C@H](C(=O)OC)C3)c12. The number of carbonyl (C=O) groups is 1. The zero-order chi connectivity index (χ0) is 19.7. The van der Waals surface area contributed by atoms with Crippen LogP contribution in [0.5, 0.6) is 0 Å². The predicted octanol–water partition coefficient (Wildman–Crippen LogP) is 2.44. The number of aromatic amines is 1. The van der Waals surface area contributed by atoms with Gasteiger partial charge < -0.3 is 14.5 Å². The lowest BCUT2D eigenvalue weighted by Gasteiger charge is -2.41. The topological polar surface area (TPSA) is 87.2 Å². The Hall–Kier alpha value is -2.87. The average Bonchev–Trinajstić information content (AvgIpc) is 3.16. The molecule has 0 radical (unpaired) electrons. The van der Waals surface area contributed by atoms with Crippen molar-refractivity contribution in [2.45, 2.75) is 19.4 Å². The van der Waals surface area contributed by atoms with Crippen LogP contribution in [0.25, 0.3) is 11.0 Å². The van der Waals surface area contributed by atoms with Crippen LogP contribution in [-0.4, -0.2) is 58.9 Å². The summed E-state index contributed by atoms with van der Waals surface area (Å²) < 4.78 is 5.08. The lowest BCUT2D eigenvalue weighted by molar-refractivity contribution is -0.142. The van der Waals surface area contributed by atoms with Gasteiger partial charge in [0, 0.05) is 29.5 Å². The molecule has 1 fully saturated rings. The van der Waals surface area contributed by atoms with Crippen molar-refractivity contribution in [2.24, 2.45) is 0 Å². The molecular formula is C19H21ClN6O2. The molecule has 0 saturated carbocycles. The molecule has 9 heteroatoms. The highest BCUT2D eigenvalue weighted by Crippen LogP contribution is 2.30. The molecule has 3 aromatic rings. The number of ether oxygens (including phenoxy) is 1. The number of anilines is 2. The first-order valence-corrected chi connectivity index (χ1v) is 9.53. The highest BCUT2D eigenvalue weighted by Gasteiger charge is 2.35. The fraction of sp³-hybridized carbons (Fsp3) is 0.368. The molecule has 1 N–H and O–H groups in total. The van der Waals surface area contributed by atoms with Crippen molar-refractivity contribution in [1.82, 2.24) is 20.2 Å². The van der Waals surface area contributed by atoms with Gasteiger partial charge in [-0.05, 0) is 24.6 Å². The molecule has 1 aromatic carbocycles. The number of benzene rings is 1. The molecule has 8 nitrogen and oxygen atoms in total. The van der Waals surface area contributed by atoms with E-state index in [4.69, 9.17) is 16.3 Å². The van der Waals surface area contributed by atoms with Crippen LogP contribution in [0.4, 0.5) is 11.5 Å². The van der Waals surface area contributed by atoms with Crippen molar-refractivity contribution in [3.63, 3.8) is 0 Å². The maximum Gasteiger partial charge on any atom is 0.330 e. The normalized spacial score (nSPS) is 17.2. The Labute approximate surface area is 167 Å². The van der Waals surface area contributed by atoms with Gasteiger partial charge in [-0.25, -0.2) is 14.8 Å². The van der Waals surface area contributed by atoms with Crippen LogP contribution in [0.3, 0.4) is 0 Å². The van der Waals surface area contributed by atoms with Gasteiger partial charge in [0.25, 0.3) is 0 Å². The van der Waals surface area contributed by atoms with Crippen LogP contribution in [-0.2, 0) is 16.0 Å². The third-order valence-corrected chi connectivity index (χ3v) is 5.29. The monoisotopic (exact) mass is 400 g/mol. The molecule has 0 amide bonds. The summed E-state index contributed by atoms with van der Waals surface area (Å²) in [6, 6.07) is 7.04. The second-order valence-corrected chi connectivity index (χ2v) is 7.05. The van der Waals surface area contributed by atoms with E-state index in [-0.39, 0.29) is 5.97 Å². The van der Waals surface area contributed by atoms with Crippen LogP contribution < -0.4 is 9.80 Å². The number of esters is 1. The van der Waals surface area contributed by atoms with Gasteiger partial charge in [0.15, 0.2) is 5.65 Å². The number of aromatic nitrogens is 4. The maximum absolute atomic E-state index is 12.6. The first-order valence-electron chi connectivity index (χ1n) is 9.15. The van der Waals surface area contributed by atoms with Crippen LogP contribution in [0.1, 0.15) is 12.6 Å². The van der Waals surface area contributed by atoms with Crippen molar-refractivity contribution in [3.05, 3.63) is 41.3 Å². The fourth-order valence-corrected chi connectivity index (χ4v) is 3.86. The van der Waals surface area contributed by atoms with Crippen LogP contribution in [0.15, 0.2) is 30.6 Å². The van der Waals surface area contributed by atoms with Gasteiger partial charge in [0.05, 0.1) is 19.0 Å². The highest BCUT2D eigenvalue weighted by molar-refractivity contribution is 6.30. The van der Waals surface area contributed by atoms with Crippen molar-refractivity contribution in [1.29, 1.82) is 0 Å². The van der Waals surface area contributed by atoms with E-state index in [0.29, 0.717) is 30.3 Å². The van der Waals surface area contributed by atoms with E-state index in [1.54, 1.807) is 0 Å². The van der Waals surface area contributed by atoms with Gasteiger partial charge in [-0.1, -0.05) is 24.6 Å².